The molecule has 365 valence electrons. The second-order valence-corrected chi connectivity index (χ2v) is 22.5. The van der Waals surface area contributed by atoms with Gasteiger partial charge in [0.2, 0.25) is 0 Å². The molecule has 0 aromatic heterocycles. The second kappa shape index (κ2) is 40.7. The molecule has 0 saturated carbocycles. The Balaban J connectivity index is -0.000000154. The minimum absolute atomic E-state index is 0. The summed E-state index contributed by atoms with van der Waals surface area (Å²) in [4.78, 5) is 50.2. The molecule has 10 nitrogen and oxygen atoms in total. The van der Waals surface area contributed by atoms with Crippen molar-refractivity contribution in [2.24, 2.45) is 27.1 Å². The summed E-state index contributed by atoms with van der Waals surface area (Å²) < 4.78 is 0. The summed E-state index contributed by atoms with van der Waals surface area (Å²) in [6, 6.07) is 0. The summed E-state index contributed by atoms with van der Waals surface area (Å²) in [6.45, 7) is 33.0. The van der Waals surface area contributed by atoms with Gasteiger partial charge in [0.15, 0.2) is 0 Å². The number of carboxylic acid groups (broad SMARTS) is 5. The number of carbonyl (C=O) groups excluding carboxylic acids is 5. The third-order valence-electron chi connectivity index (χ3n) is 9.04. The molecule has 0 atom stereocenters. The van der Waals surface area contributed by atoms with E-state index < -0.39 is 29.8 Å². The van der Waals surface area contributed by atoms with Gasteiger partial charge in [0.25, 0.3) is 0 Å². The van der Waals surface area contributed by atoms with Gasteiger partial charge >= 0.3 is 0 Å². The molecule has 0 aromatic carbocycles. The van der Waals surface area contributed by atoms with Gasteiger partial charge in [-0.2, -0.15) is 0 Å². The van der Waals surface area contributed by atoms with E-state index in [1.54, 1.807) is 0 Å². The molecule has 61 heavy (non-hydrogen) atoms. The zero-order chi connectivity index (χ0) is 48.1. The minimum Gasteiger partial charge on any atom is -0.550 e. The number of unbranched alkanes of at least 4 members (excludes halogenated alkanes) is 10. The average Bonchev–Trinajstić information content (AvgIpc) is 3.02. The van der Waals surface area contributed by atoms with Gasteiger partial charge in [-0.3, -0.25) is 0 Å². The van der Waals surface area contributed by atoms with Crippen LogP contribution in [-0.4, -0.2) is 29.8 Å². The predicted octanol–water partition coefficient (Wildman–Crippen LogP) is 8.66. The molecule has 0 heterocycles. The van der Waals surface area contributed by atoms with Crippen LogP contribution in [0.2, 0.25) is 0 Å². The molecule has 0 aliphatic rings. The Morgan fingerprint density at radius 1 is 0.246 bits per heavy atom. The SMILES string of the molecule is CC(C)(C)CCCCCC(=O)[O-].CC(C)(C)CCCCCC(=O)[O-].CC(C)(C)CCCCCC(=O)[O-].CC(C)(C)CCCCCC(=O)[O-].CC(C)(C)CCCCCC(=O)[O-].[V]. The van der Waals surface area contributed by atoms with E-state index >= 15 is 0 Å². The van der Waals surface area contributed by atoms with E-state index in [2.05, 4.69) is 104 Å². The first kappa shape index (κ1) is 70.6. The monoisotopic (exact) mass is 907 g/mol. The summed E-state index contributed by atoms with van der Waals surface area (Å²) in [7, 11) is 0. The molecule has 0 aliphatic heterocycles. The fourth-order valence-corrected chi connectivity index (χ4v) is 5.51. The molecular formula is C50H95O10V-5. The summed E-state index contributed by atoms with van der Waals surface area (Å²) in [5.41, 5.74) is 1.88. The van der Waals surface area contributed by atoms with Crippen LogP contribution in [0.1, 0.15) is 264 Å². The fraction of sp³-hybridized carbons (Fsp3) is 0.900. The minimum atomic E-state index is -0.925. The van der Waals surface area contributed by atoms with Gasteiger partial charge in [-0.05, 0) is 123 Å². The third-order valence-corrected chi connectivity index (χ3v) is 9.04. The van der Waals surface area contributed by atoms with Crippen molar-refractivity contribution in [2.45, 2.75) is 264 Å². The van der Waals surface area contributed by atoms with Gasteiger partial charge in [0.1, 0.15) is 0 Å². The van der Waals surface area contributed by atoms with Crippen LogP contribution in [-0.2, 0) is 42.5 Å². The van der Waals surface area contributed by atoms with E-state index in [1.165, 1.54) is 32.1 Å². The van der Waals surface area contributed by atoms with Crippen LogP contribution >= 0.6 is 0 Å². The summed E-state index contributed by atoms with van der Waals surface area (Å²) in [5, 5.41) is 50.2. The van der Waals surface area contributed by atoms with Gasteiger partial charge < -0.3 is 49.5 Å². The van der Waals surface area contributed by atoms with Crippen LogP contribution in [0, 0.1) is 27.1 Å². The maximum Gasteiger partial charge on any atom is 0.0414 e. The maximum atomic E-state index is 10.0. The largest absolute Gasteiger partial charge is 0.550 e. The Bertz CT molecular complexity index is 871. The van der Waals surface area contributed by atoms with E-state index in [9.17, 15) is 49.5 Å². The molecule has 0 saturated heterocycles. The molecule has 11 heteroatoms. The van der Waals surface area contributed by atoms with Crippen molar-refractivity contribution >= 4 is 29.8 Å². The van der Waals surface area contributed by atoms with Crippen LogP contribution < -0.4 is 25.5 Å². The number of carbonyl (C=O) groups is 5. The van der Waals surface area contributed by atoms with E-state index in [1.807, 2.05) is 0 Å². The molecule has 0 aromatic rings. The van der Waals surface area contributed by atoms with Crippen molar-refractivity contribution in [3.05, 3.63) is 0 Å². The number of rotatable bonds is 25. The van der Waals surface area contributed by atoms with Crippen molar-refractivity contribution < 1.29 is 68.1 Å². The van der Waals surface area contributed by atoms with Crippen molar-refractivity contribution in [3.8, 4) is 0 Å². The topological polar surface area (TPSA) is 201 Å². The molecule has 0 amide bonds. The summed E-state index contributed by atoms with van der Waals surface area (Å²) in [5.74, 6) is -4.63. The molecule has 0 rings (SSSR count). The summed E-state index contributed by atoms with van der Waals surface area (Å²) >= 11 is 0. The zero-order valence-corrected chi connectivity index (χ0v) is 43.6. The van der Waals surface area contributed by atoms with E-state index in [4.69, 9.17) is 0 Å². The standard InChI is InChI=1S/5C10H20O2.V/c5*1-10(2,3)8-6-4-5-7-9(11)12;/h5*4-8H2,1-3H3,(H,11,12);/p-5. The number of hydrogen-bond acceptors (Lipinski definition) is 10. The zero-order valence-electron chi connectivity index (χ0n) is 42.2. The first-order chi connectivity index (χ1) is 27.1. The molecular weight excluding hydrogens is 811 g/mol. The first-order valence-electron chi connectivity index (χ1n) is 23.1. The van der Waals surface area contributed by atoms with Crippen LogP contribution in [0.4, 0.5) is 0 Å². The molecule has 0 fully saturated rings. The third kappa shape index (κ3) is 98.3. The Morgan fingerprint density at radius 3 is 0.443 bits per heavy atom. The van der Waals surface area contributed by atoms with Gasteiger partial charge in [-0.25, -0.2) is 0 Å². The number of aliphatic carboxylic acids is 5. The van der Waals surface area contributed by atoms with Gasteiger partial charge in [0.05, 0.1) is 0 Å². The van der Waals surface area contributed by atoms with E-state index in [-0.39, 0.29) is 50.7 Å². The second-order valence-electron chi connectivity index (χ2n) is 22.5. The normalized spacial score (nSPS) is 11.4. The van der Waals surface area contributed by atoms with E-state index in [0.29, 0.717) is 27.1 Å². The molecule has 0 unspecified atom stereocenters. The number of hydrogen-bond donors (Lipinski definition) is 0. The van der Waals surface area contributed by atoms with Crippen molar-refractivity contribution in [1.29, 1.82) is 0 Å². The van der Waals surface area contributed by atoms with Crippen LogP contribution in [0.25, 0.3) is 0 Å². The molecule has 0 spiro atoms. The Hall–Kier alpha value is -2.07. The average molecular weight is 907 g/mol. The van der Waals surface area contributed by atoms with Gasteiger partial charge in [0, 0.05) is 48.4 Å². The maximum absolute atomic E-state index is 10.0. The Labute approximate surface area is 387 Å². The van der Waals surface area contributed by atoms with Crippen molar-refractivity contribution in [3.63, 3.8) is 0 Å². The Kier molecular flexibility index (Phi) is 47.1. The first-order valence-corrected chi connectivity index (χ1v) is 23.1. The van der Waals surface area contributed by atoms with Gasteiger partial charge in [-0.1, -0.05) is 168 Å². The molecule has 0 bridgehead atoms. The number of carboxylic acids is 5. The predicted molar refractivity (Wildman–Crippen MR) is 238 cm³/mol. The van der Waals surface area contributed by atoms with Crippen molar-refractivity contribution in [2.75, 3.05) is 0 Å². The smallest absolute Gasteiger partial charge is 0.0414 e. The fourth-order valence-electron chi connectivity index (χ4n) is 5.51. The van der Waals surface area contributed by atoms with Crippen LogP contribution in [0.15, 0.2) is 0 Å². The molecule has 0 N–H and O–H groups in total. The summed E-state index contributed by atoms with van der Waals surface area (Å²) in [6.07, 6.45) is 21.3. The van der Waals surface area contributed by atoms with E-state index in [0.717, 1.165) is 96.3 Å². The van der Waals surface area contributed by atoms with Crippen LogP contribution in [0.3, 0.4) is 0 Å². The quantitative estimate of drug-likeness (QED) is 0.0798. The molecule has 0 aliphatic carbocycles. The Morgan fingerprint density at radius 2 is 0.361 bits per heavy atom. The van der Waals surface area contributed by atoms with Crippen molar-refractivity contribution in [1.82, 2.24) is 0 Å². The molecule has 1 radical (unpaired) electrons. The van der Waals surface area contributed by atoms with Gasteiger partial charge in [-0.15, -0.1) is 0 Å². The van der Waals surface area contributed by atoms with Crippen LogP contribution in [0.5, 0.6) is 0 Å².